The molecule has 2 aliphatic rings. The molecule has 9 heteroatoms. The van der Waals surface area contributed by atoms with Crippen molar-refractivity contribution in [1.29, 1.82) is 10.5 Å². The van der Waals surface area contributed by atoms with E-state index in [4.69, 9.17) is 23.7 Å². The quantitative estimate of drug-likeness (QED) is 0.459. The van der Waals surface area contributed by atoms with Gasteiger partial charge in [0.05, 0.1) is 0 Å². The Labute approximate surface area is 113 Å². The van der Waals surface area contributed by atoms with Crippen LogP contribution in [0, 0.1) is 35.8 Å². The average molecular weight is 399 g/mol. The first-order valence-electron chi connectivity index (χ1n) is 3.97. The Morgan fingerprint density at radius 3 is 1.59 bits per heavy atom. The third kappa shape index (κ3) is 2.29. The molecule has 2 aliphatic heterocycles. The number of hydrogen-bond acceptors (Lipinski definition) is 6. The number of nitrogens with zero attached hydrogens (tertiary/aromatic N) is 4. The SMILES string of the molecule is [C-]#[N+]C1=C([N+]#[C-])[S][Sn]2([S]C(C#N)=C(C#N)[S]2)[S]1. The van der Waals surface area contributed by atoms with Gasteiger partial charge in [0.25, 0.3) is 0 Å². The van der Waals surface area contributed by atoms with Gasteiger partial charge in [0.1, 0.15) is 0 Å². The van der Waals surface area contributed by atoms with Gasteiger partial charge in [-0.1, -0.05) is 0 Å². The van der Waals surface area contributed by atoms with Gasteiger partial charge in [-0.25, -0.2) is 0 Å². The summed E-state index contributed by atoms with van der Waals surface area (Å²) < 4.78 is 0. The molecule has 1 spiro atoms. The van der Waals surface area contributed by atoms with E-state index in [9.17, 15) is 0 Å². The zero-order chi connectivity index (χ0) is 12.5. The molecule has 80 valence electrons. The van der Waals surface area contributed by atoms with Crippen LogP contribution in [0.2, 0.25) is 0 Å². The summed E-state index contributed by atoms with van der Waals surface area (Å²) in [6.07, 6.45) is 0. The normalized spacial score (nSPS) is 20.9. The fourth-order valence-electron chi connectivity index (χ4n) is 1.08. The summed E-state index contributed by atoms with van der Waals surface area (Å²) in [6.45, 7) is 14.1. The molecule has 0 radical (unpaired) electrons. The predicted octanol–water partition coefficient (Wildman–Crippen LogP) is 3.61. The van der Waals surface area contributed by atoms with Crippen molar-refractivity contribution in [3.8, 4) is 12.1 Å². The maximum atomic E-state index is 8.94. The molecule has 0 aromatic heterocycles. The molecule has 2 heterocycles. The van der Waals surface area contributed by atoms with E-state index in [1.54, 1.807) is 0 Å². The van der Waals surface area contributed by atoms with Crippen LogP contribution in [0.3, 0.4) is 0 Å². The number of rotatable bonds is 0. The average Bonchev–Trinajstić information content (AvgIpc) is 2.89. The minimum atomic E-state index is -2.97. The zero-order valence-corrected chi connectivity index (χ0v) is 14.0. The third-order valence-electron chi connectivity index (χ3n) is 1.69. The molecular formula is C8N4S4Sn. The van der Waals surface area contributed by atoms with Crippen LogP contribution in [0.25, 0.3) is 9.69 Å². The van der Waals surface area contributed by atoms with Crippen molar-refractivity contribution < 1.29 is 0 Å². The van der Waals surface area contributed by atoms with Crippen LogP contribution in [0.4, 0.5) is 0 Å². The molecule has 0 aromatic carbocycles. The van der Waals surface area contributed by atoms with E-state index in [2.05, 4.69) is 9.69 Å². The van der Waals surface area contributed by atoms with Gasteiger partial charge in [0, 0.05) is 0 Å². The topological polar surface area (TPSA) is 56.3 Å². The van der Waals surface area contributed by atoms with Crippen molar-refractivity contribution in [3.05, 3.63) is 42.7 Å². The van der Waals surface area contributed by atoms with Crippen LogP contribution >= 0.6 is 35.8 Å². The van der Waals surface area contributed by atoms with Crippen molar-refractivity contribution >= 4 is 48.6 Å². The summed E-state index contributed by atoms with van der Waals surface area (Å²) in [5, 5.41) is 18.8. The maximum absolute atomic E-state index is 8.94. The molecule has 0 unspecified atom stereocenters. The summed E-state index contributed by atoms with van der Waals surface area (Å²) in [7, 11) is 5.83. The molecule has 2 rings (SSSR count). The summed E-state index contributed by atoms with van der Waals surface area (Å²) in [5.74, 6) is 0. The van der Waals surface area contributed by atoms with E-state index in [1.165, 1.54) is 35.8 Å². The van der Waals surface area contributed by atoms with Gasteiger partial charge >= 0.3 is 114 Å². The molecule has 0 fully saturated rings. The van der Waals surface area contributed by atoms with Gasteiger partial charge in [0.15, 0.2) is 0 Å². The second-order valence-electron chi connectivity index (χ2n) is 2.62. The van der Waals surface area contributed by atoms with Gasteiger partial charge < -0.3 is 0 Å². The molecule has 0 aromatic rings. The Morgan fingerprint density at radius 2 is 1.29 bits per heavy atom. The molecule has 0 saturated heterocycles. The van der Waals surface area contributed by atoms with Gasteiger partial charge in [-0.2, -0.15) is 0 Å². The van der Waals surface area contributed by atoms with Crippen LogP contribution in [-0.4, -0.2) is 12.8 Å². The standard InChI is InChI=1S/2C4H2N2S2.Sn/c1-5-3(7)4(8)6-2;5-1-3(7)4(8)2-6;/h2*7-8H;/q;;+4/p-4. The van der Waals surface area contributed by atoms with Gasteiger partial charge in [-0.05, 0) is 0 Å². The summed E-state index contributed by atoms with van der Waals surface area (Å²) in [5.41, 5.74) is 0. The first kappa shape index (κ1) is 13.1. The Kier molecular flexibility index (Phi) is 3.92. The van der Waals surface area contributed by atoms with Crippen molar-refractivity contribution in [2.24, 2.45) is 0 Å². The molecule has 0 saturated carbocycles. The van der Waals surface area contributed by atoms with Crippen LogP contribution in [0.15, 0.2) is 19.9 Å². The van der Waals surface area contributed by atoms with Gasteiger partial charge in [-0.3, -0.25) is 0 Å². The monoisotopic (exact) mass is 400 g/mol. The zero-order valence-electron chi connectivity index (χ0n) is 7.92. The number of hydrogen-bond donors (Lipinski definition) is 0. The fourth-order valence-corrected chi connectivity index (χ4v) is 46.1. The third-order valence-corrected chi connectivity index (χ3v) is 40.4. The van der Waals surface area contributed by atoms with E-state index >= 15 is 0 Å². The number of allylic oxidation sites excluding steroid dienone is 2. The fraction of sp³-hybridized carbons (Fsp3) is 0. The van der Waals surface area contributed by atoms with Gasteiger partial charge in [-0.15, -0.1) is 0 Å². The van der Waals surface area contributed by atoms with Crippen molar-refractivity contribution in [3.63, 3.8) is 0 Å². The Bertz CT molecular complexity index is 512. The second kappa shape index (κ2) is 5.10. The molecule has 0 aliphatic carbocycles. The summed E-state index contributed by atoms with van der Waals surface area (Å²) in [4.78, 5) is 7.64. The van der Waals surface area contributed by atoms with E-state index in [0.717, 1.165) is 0 Å². The molecule has 4 nitrogen and oxygen atoms in total. The second-order valence-corrected chi connectivity index (χ2v) is 41.7. The Hall–Kier alpha value is -0.361. The van der Waals surface area contributed by atoms with E-state index in [0.29, 0.717) is 19.9 Å². The predicted molar refractivity (Wildman–Crippen MR) is 74.6 cm³/mol. The minimum absolute atomic E-state index is 0.442. The number of nitriles is 2. The van der Waals surface area contributed by atoms with E-state index in [1.807, 2.05) is 12.1 Å². The van der Waals surface area contributed by atoms with Crippen LogP contribution in [-0.2, 0) is 0 Å². The molecule has 0 N–H and O–H groups in total. The van der Waals surface area contributed by atoms with Crippen LogP contribution < -0.4 is 0 Å². The van der Waals surface area contributed by atoms with Crippen molar-refractivity contribution in [1.82, 2.24) is 0 Å². The Balaban J connectivity index is 2.28. The van der Waals surface area contributed by atoms with Gasteiger partial charge in [0.2, 0.25) is 0 Å². The van der Waals surface area contributed by atoms with E-state index < -0.39 is 12.8 Å². The first-order chi connectivity index (χ1) is 8.18. The molecule has 0 atom stereocenters. The first-order valence-corrected chi connectivity index (χ1v) is 21.2. The van der Waals surface area contributed by atoms with Crippen LogP contribution in [0.1, 0.15) is 0 Å². The van der Waals surface area contributed by atoms with Crippen LogP contribution in [0.5, 0.6) is 0 Å². The Morgan fingerprint density at radius 1 is 0.882 bits per heavy atom. The van der Waals surface area contributed by atoms with E-state index in [-0.39, 0.29) is 0 Å². The molecular weight excluding hydrogens is 399 g/mol. The summed E-state index contributed by atoms with van der Waals surface area (Å²) >= 11 is -2.97. The van der Waals surface area contributed by atoms with Crippen molar-refractivity contribution in [2.75, 3.05) is 0 Å². The summed E-state index contributed by atoms with van der Waals surface area (Å²) in [6, 6.07) is 4.07. The van der Waals surface area contributed by atoms with Crippen molar-refractivity contribution in [2.45, 2.75) is 0 Å². The molecule has 17 heavy (non-hydrogen) atoms. The molecule has 0 bridgehead atoms. The molecule has 0 amide bonds.